The van der Waals surface area contributed by atoms with Crippen LogP contribution in [-0.4, -0.2) is 6.29 Å². The van der Waals surface area contributed by atoms with Gasteiger partial charge in [-0.3, -0.25) is 10.6 Å². The second-order valence-electron chi connectivity index (χ2n) is 2.27. The fourth-order valence-electron chi connectivity index (χ4n) is 0.999. The van der Waals surface area contributed by atoms with Gasteiger partial charge in [0.05, 0.1) is 11.6 Å². The number of nitrogens with two attached hydrogens (primary N) is 1. The lowest BCUT2D eigenvalue weighted by Crippen LogP contribution is -2.09. The fraction of sp³-hybridized carbons (Fsp3) is 0.125. The Balaban J connectivity index is 3.21. The number of nitrogens with one attached hydrogen (secondary N) is 1. The summed E-state index contributed by atoms with van der Waals surface area (Å²) in [6, 6.07) is 5.21. The van der Waals surface area contributed by atoms with Crippen LogP contribution in [0, 0.1) is 0 Å². The van der Waals surface area contributed by atoms with Crippen molar-refractivity contribution in [3.05, 3.63) is 29.3 Å². The van der Waals surface area contributed by atoms with E-state index < -0.39 is 0 Å². The first-order chi connectivity index (χ1) is 5.83. The highest BCUT2D eigenvalue weighted by atomic mass is 35.5. The number of benzene rings is 1. The van der Waals surface area contributed by atoms with Gasteiger partial charge in [0.25, 0.3) is 0 Å². The van der Waals surface area contributed by atoms with E-state index in [9.17, 15) is 4.79 Å². The minimum absolute atomic E-state index is 0.272. The number of hydrazine groups is 1. The average Bonchev–Trinajstić information content (AvgIpc) is 2.16. The van der Waals surface area contributed by atoms with Crippen LogP contribution in [0.1, 0.15) is 15.9 Å². The highest BCUT2D eigenvalue weighted by molar-refractivity contribution is 6.18. The zero-order valence-corrected chi connectivity index (χ0v) is 7.14. The second-order valence-corrected chi connectivity index (χ2v) is 2.54. The highest BCUT2D eigenvalue weighted by Gasteiger charge is 2.04. The van der Waals surface area contributed by atoms with Crippen molar-refractivity contribution in [3.8, 4) is 0 Å². The summed E-state index contributed by atoms with van der Waals surface area (Å²) in [6.07, 6.45) is 0.762. The number of nitrogen functional groups attached to an aromatic ring is 1. The van der Waals surface area contributed by atoms with Crippen LogP contribution in [-0.2, 0) is 5.88 Å². The van der Waals surface area contributed by atoms with Crippen LogP contribution >= 0.6 is 11.6 Å². The molecular weight excluding hydrogens is 176 g/mol. The van der Waals surface area contributed by atoms with Crippen LogP contribution in [0.25, 0.3) is 0 Å². The van der Waals surface area contributed by atoms with Crippen LogP contribution < -0.4 is 11.3 Å². The van der Waals surface area contributed by atoms with E-state index in [-0.39, 0.29) is 5.88 Å². The summed E-state index contributed by atoms with van der Waals surface area (Å²) in [5, 5.41) is 0. The molecule has 0 atom stereocenters. The number of carbonyl (C=O) groups excluding carboxylic acids is 1. The topological polar surface area (TPSA) is 55.1 Å². The third-order valence-electron chi connectivity index (χ3n) is 1.63. The number of hydrogen-bond donors (Lipinski definition) is 2. The zero-order chi connectivity index (χ0) is 8.97. The summed E-state index contributed by atoms with van der Waals surface area (Å²) in [7, 11) is 0. The van der Waals surface area contributed by atoms with Gasteiger partial charge in [0.15, 0.2) is 0 Å². The Hall–Kier alpha value is -1.06. The predicted octanol–water partition coefficient (Wildman–Crippen LogP) is 1.52. The SMILES string of the molecule is NNc1cccc(C=O)c1CCl. The molecule has 0 heterocycles. The quantitative estimate of drug-likeness (QED) is 0.324. The van der Waals surface area contributed by atoms with Crippen molar-refractivity contribution in [1.82, 2.24) is 0 Å². The fourth-order valence-corrected chi connectivity index (χ4v) is 1.30. The molecule has 0 aliphatic carbocycles. The van der Waals surface area contributed by atoms with Crippen molar-refractivity contribution in [2.75, 3.05) is 5.43 Å². The van der Waals surface area contributed by atoms with Crippen molar-refractivity contribution in [2.45, 2.75) is 5.88 Å². The molecule has 4 heteroatoms. The third kappa shape index (κ3) is 1.57. The Morgan fingerprint density at radius 3 is 2.83 bits per heavy atom. The van der Waals surface area contributed by atoms with Crippen LogP contribution in [0.15, 0.2) is 18.2 Å². The summed E-state index contributed by atoms with van der Waals surface area (Å²) in [4.78, 5) is 10.5. The maximum atomic E-state index is 10.5. The van der Waals surface area contributed by atoms with Crippen molar-refractivity contribution in [1.29, 1.82) is 0 Å². The third-order valence-corrected chi connectivity index (χ3v) is 1.90. The van der Waals surface area contributed by atoms with Gasteiger partial charge in [-0.2, -0.15) is 0 Å². The molecule has 0 spiro atoms. The molecule has 12 heavy (non-hydrogen) atoms. The lowest BCUT2D eigenvalue weighted by atomic mass is 10.1. The second kappa shape index (κ2) is 4.09. The minimum Gasteiger partial charge on any atom is -0.324 e. The maximum Gasteiger partial charge on any atom is 0.150 e. The average molecular weight is 185 g/mol. The molecule has 64 valence electrons. The molecule has 0 saturated heterocycles. The van der Waals surface area contributed by atoms with Gasteiger partial charge in [0.1, 0.15) is 6.29 Å². The van der Waals surface area contributed by atoms with Gasteiger partial charge in [-0.1, -0.05) is 12.1 Å². The van der Waals surface area contributed by atoms with Gasteiger partial charge >= 0.3 is 0 Å². The largest absolute Gasteiger partial charge is 0.324 e. The standard InChI is InChI=1S/C8H9ClN2O/c9-4-7-6(5-12)2-1-3-8(7)11-10/h1-3,5,11H,4,10H2. The van der Waals surface area contributed by atoms with Crippen LogP contribution in [0.5, 0.6) is 0 Å². The van der Waals surface area contributed by atoms with Crippen molar-refractivity contribution < 1.29 is 4.79 Å². The lowest BCUT2D eigenvalue weighted by Gasteiger charge is -2.07. The van der Waals surface area contributed by atoms with Gasteiger partial charge in [-0.25, -0.2) is 0 Å². The van der Waals surface area contributed by atoms with E-state index >= 15 is 0 Å². The molecule has 1 rings (SSSR count). The number of alkyl halides is 1. The molecule has 3 nitrogen and oxygen atoms in total. The molecule has 0 fully saturated rings. The van der Waals surface area contributed by atoms with Crippen molar-refractivity contribution in [3.63, 3.8) is 0 Å². The Morgan fingerprint density at radius 2 is 2.33 bits per heavy atom. The first-order valence-corrected chi connectivity index (χ1v) is 3.96. The maximum absolute atomic E-state index is 10.5. The van der Waals surface area contributed by atoms with Gasteiger partial charge < -0.3 is 5.43 Å². The van der Waals surface area contributed by atoms with Crippen molar-refractivity contribution in [2.24, 2.45) is 5.84 Å². The highest BCUT2D eigenvalue weighted by Crippen LogP contribution is 2.19. The zero-order valence-electron chi connectivity index (χ0n) is 6.38. The normalized spacial score (nSPS) is 9.50. The molecule has 0 aliphatic heterocycles. The van der Waals surface area contributed by atoms with Crippen LogP contribution in [0.2, 0.25) is 0 Å². The van der Waals surface area contributed by atoms with E-state index in [1.54, 1.807) is 18.2 Å². The van der Waals surface area contributed by atoms with E-state index in [2.05, 4.69) is 5.43 Å². The molecule has 0 amide bonds. The molecular formula is C8H9ClN2O. The van der Waals surface area contributed by atoms with Crippen LogP contribution in [0.4, 0.5) is 5.69 Å². The molecule has 0 aliphatic rings. The number of halogens is 1. The summed E-state index contributed by atoms with van der Waals surface area (Å²) >= 11 is 5.64. The molecule has 1 aromatic carbocycles. The molecule has 0 unspecified atom stereocenters. The summed E-state index contributed by atoms with van der Waals surface area (Å²) in [6.45, 7) is 0. The molecule has 0 bridgehead atoms. The van der Waals surface area contributed by atoms with E-state index in [1.165, 1.54) is 0 Å². The minimum atomic E-state index is 0.272. The summed E-state index contributed by atoms with van der Waals surface area (Å²) in [5.41, 5.74) is 4.47. The van der Waals surface area contributed by atoms with Gasteiger partial charge in [0.2, 0.25) is 0 Å². The van der Waals surface area contributed by atoms with E-state index in [0.717, 1.165) is 11.8 Å². The Morgan fingerprint density at radius 1 is 1.58 bits per heavy atom. The van der Waals surface area contributed by atoms with Gasteiger partial charge in [-0.05, 0) is 6.07 Å². The Labute approximate surface area is 75.5 Å². The lowest BCUT2D eigenvalue weighted by molar-refractivity contribution is 0.112. The Kier molecular flexibility index (Phi) is 3.08. The number of anilines is 1. The summed E-state index contributed by atoms with van der Waals surface area (Å²) in [5.74, 6) is 5.50. The van der Waals surface area contributed by atoms with E-state index in [1.807, 2.05) is 0 Å². The number of carbonyl (C=O) groups is 1. The van der Waals surface area contributed by atoms with E-state index in [0.29, 0.717) is 11.3 Å². The molecule has 1 aromatic rings. The van der Waals surface area contributed by atoms with Crippen molar-refractivity contribution >= 4 is 23.6 Å². The van der Waals surface area contributed by atoms with Gasteiger partial charge in [0, 0.05) is 11.1 Å². The van der Waals surface area contributed by atoms with Gasteiger partial charge in [-0.15, -0.1) is 11.6 Å². The predicted molar refractivity (Wildman–Crippen MR) is 49.2 cm³/mol. The van der Waals surface area contributed by atoms with E-state index in [4.69, 9.17) is 17.4 Å². The van der Waals surface area contributed by atoms with Crippen LogP contribution in [0.3, 0.4) is 0 Å². The molecule has 0 aromatic heterocycles. The summed E-state index contributed by atoms with van der Waals surface area (Å²) < 4.78 is 0. The first kappa shape index (κ1) is 9.03. The number of hydrogen-bond acceptors (Lipinski definition) is 3. The molecule has 3 N–H and O–H groups in total. The Bertz CT molecular complexity index is 288. The number of aldehydes is 1. The number of rotatable bonds is 3. The smallest absolute Gasteiger partial charge is 0.150 e. The molecule has 0 radical (unpaired) electrons. The first-order valence-electron chi connectivity index (χ1n) is 3.43. The molecule has 0 saturated carbocycles. The monoisotopic (exact) mass is 184 g/mol.